The minimum atomic E-state index is -0.590. The van der Waals surface area contributed by atoms with Crippen LogP contribution in [0.5, 0.6) is 0 Å². The molecule has 1 atom stereocenters. The number of nitrogens with zero attached hydrogens (tertiary/aromatic N) is 2. The van der Waals surface area contributed by atoms with E-state index in [0.717, 1.165) is 32.5 Å². The summed E-state index contributed by atoms with van der Waals surface area (Å²) in [5, 5.41) is 9.00. The van der Waals surface area contributed by atoms with Crippen LogP contribution in [0.3, 0.4) is 0 Å². The topological polar surface area (TPSA) is 53.3 Å². The van der Waals surface area contributed by atoms with Crippen LogP contribution in [0.2, 0.25) is 0 Å². The van der Waals surface area contributed by atoms with E-state index in [1.165, 1.54) is 5.56 Å². The molecule has 2 rings (SSSR count). The zero-order chi connectivity index (χ0) is 15.2. The lowest BCUT2D eigenvalue weighted by atomic mass is 10.1. The molecule has 0 bridgehead atoms. The van der Waals surface area contributed by atoms with Gasteiger partial charge in [-0.1, -0.05) is 26.0 Å². The van der Waals surface area contributed by atoms with Gasteiger partial charge >= 0.3 is 5.97 Å². The van der Waals surface area contributed by atoms with Crippen LogP contribution in [0.15, 0.2) is 24.3 Å². The quantitative estimate of drug-likeness (QED) is 0.723. The van der Waals surface area contributed by atoms with Crippen LogP contribution in [0.1, 0.15) is 42.6 Å². The van der Waals surface area contributed by atoms with Gasteiger partial charge in [0.1, 0.15) is 6.07 Å². The van der Waals surface area contributed by atoms with Crippen LogP contribution in [0.25, 0.3) is 0 Å². The van der Waals surface area contributed by atoms with Gasteiger partial charge in [0.25, 0.3) is 0 Å². The summed E-state index contributed by atoms with van der Waals surface area (Å²) in [5.74, 6) is -0.163. The Morgan fingerprint density at radius 2 is 1.95 bits per heavy atom. The molecule has 4 nitrogen and oxygen atoms in total. The lowest BCUT2D eigenvalue weighted by Gasteiger charge is -2.18. The van der Waals surface area contributed by atoms with Crippen molar-refractivity contribution in [2.75, 3.05) is 13.1 Å². The zero-order valence-corrected chi connectivity index (χ0v) is 12.7. The summed E-state index contributed by atoms with van der Waals surface area (Å²) in [6, 6.07) is 9.53. The molecule has 1 aromatic rings. The number of benzene rings is 1. The van der Waals surface area contributed by atoms with Gasteiger partial charge in [-0.2, -0.15) is 5.26 Å². The molecule has 1 aliphatic rings. The number of esters is 1. The Hall–Kier alpha value is -1.86. The van der Waals surface area contributed by atoms with Crippen molar-refractivity contribution in [3.63, 3.8) is 0 Å². The molecule has 112 valence electrons. The molecule has 1 fully saturated rings. The first-order valence-electron chi connectivity index (χ1n) is 7.59. The van der Waals surface area contributed by atoms with Crippen molar-refractivity contribution in [2.45, 2.75) is 39.3 Å². The first-order valence-corrected chi connectivity index (χ1v) is 7.59. The standard InChI is InChI=1S/C17H22N2O2/c1-3-19(4-2)12-13-5-7-15(8-6-13)17(20)21-16(11-18)14-9-10-14/h5-8,14,16H,3-4,9-10,12H2,1-2H3/t16-/m1/s1. The Kier molecular flexibility index (Phi) is 5.35. The fraction of sp³-hybridized carbons (Fsp3) is 0.529. The second kappa shape index (κ2) is 7.24. The average Bonchev–Trinajstić information content (AvgIpc) is 3.35. The van der Waals surface area contributed by atoms with Crippen LogP contribution in [-0.2, 0) is 11.3 Å². The highest BCUT2D eigenvalue weighted by Crippen LogP contribution is 2.34. The predicted octanol–water partition coefficient (Wildman–Crippen LogP) is 2.99. The SMILES string of the molecule is CCN(CC)Cc1ccc(C(=O)O[C@H](C#N)C2CC2)cc1. The number of ether oxygens (including phenoxy) is 1. The highest BCUT2D eigenvalue weighted by molar-refractivity contribution is 5.89. The van der Waals surface area contributed by atoms with E-state index in [4.69, 9.17) is 10.00 Å². The van der Waals surface area contributed by atoms with Crippen molar-refractivity contribution < 1.29 is 9.53 Å². The summed E-state index contributed by atoms with van der Waals surface area (Å²) in [5.41, 5.74) is 1.69. The Morgan fingerprint density at radius 3 is 2.43 bits per heavy atom. The van der Waals surface area contributed by atoms with Crippen LogP contribution in [0, 0.1) is 17.2 Å². The third-order valence-electron chi connectivity index (χ3n) is 3.90. The monoisotopic (exact) mass is 286 g/mol. The normalized spacial score (nSPS) is 15.5. The molecule has 0 aliphatic heterocycles. The molecule has 0 radical (unpaired) electrons. The van der Waals surface area contributed by atoms with E-state index < -0.39 is 12.1 Å². The highest BCUT2D eigenvalue weighted by atomic mass is 16.5. The van der Waals surface area contributed by atoms with Crippen molar-refractivity contribution in [2.24, 2.45) is 5.92 Å². The van der Waals surface area contributed by atoms with E-state index in [0.29, 0.717) is 5.56 Å². The number of hydrogen-bond acceptors (Lipinski definition) is 4. The van der Waals surface area contributed by atoms with Crippen LogP contribution >= 0.6 is 0 Å². The summed E-state index contributed by atoms with van der Waals surface area (Å²) in [6.45, 7) is 7.16. The lowest BCUT2D eigenvalue weighted by Crippen LogP contribution is -2.22. The van der Waals surface area contributed by atoms with Gasteiger partial charge in [0.15, 0.2) is 6.10 Å². The van der Waals surface area contributed by atoms with Crippen molar-refractivity contribution >= 4 is 5.97 Å². The second-order valence-corrected chi connectivity index (χ2v) is 5.45. The van der Waals surface area contributed by atoms with Crippen LogP contribution in [-0.4, -0.2) is 30.1 Å². The van der Waals surface area contributed by atoms with E-state index in [-0.39, 0.29) is 5.92 Å². The molecule has 1 aliphatic carbocycles. The number of carbonyl (C=O) groups is 1. The van der Waals surface area contributed by atoms with Crippen molar-refractivity contribution in [3.05, 3.63) is 35.4 Å². The minimum absolute atomic E-state index is 0.237. The van der Waals surface area contributed by atoms with E-state index in [2.05, 4.69) is 24.8 Å². The van der Waals surface area contributed by atoms with Gasteiger partial charge < -0.3 is 4.74 Å². The molecular formula is C17H22N2O2. The first kappa shape index (κ1) is 15.5. The Balaban J connectivity index is 1.94. The predicted molar refractivity (Wildman–Crippen MR) is 80.6 cm³/mol. The van der Waals surface area contributed by atoms with Crippen molar-refractivity contribution in [1.82, 2.24) is 4.90 Å². The fourth-order valence-corrected chi connectivity index (χ4v) is 2.26. The summed E-state index contributed by atoms with van der Waals surface area (Å²) in [7, 11) is 0. The smallest absolute Gasteiger partial charge is 0.339 e. The summed E-state index contributed by atoms with van der Waals surface area (Å²) < 4.78 is 5.26. The largest absolute Gasteiger partial charge is 0.443 e. The van der Waals surface area contributed by atoms with Crippen LogP contribution in [0.4, 0.5) is 0 Å². The first-order chi connectivity index (χ1) is 10.2. The molecule has 0 spiro atoms. The second-order valence-electron chi connectivity index (χ2n) is 5.45. The van der Waals surface area contributed by atoms with Gasteiger partial charge in [0.2, 0.25) is 0 Å². The molecule has 0 saturated heterocycles. The maximum Gasteiger partial charge on any atom is 0.339 e. The Labute approximate surface area is 126 Å². The molecule has 1 saturated carbocycles. The van der Waals surface area contributed by atoms with Gasteiger partial charge in [-0.3, -0.25) is 4.90 Å². The van der Waals surface area contributed by atoms with E-state index in [9.17, 15) is 4.79 Å². The molecule has 0 aromatic heterocycles. The molecular weight excluding hydrogens is 264 g/mol. The van der Waals surface area contributed by atoms with E-state index >= 15 is 0 Å². The third-order valence-corrected chi connectivity index (χ3v) is 3.90. The van der Waals surface area contributed by atoms with Gasteiger partial charge in [-0.25, -0.2) is 4.79 Å². The van der Waals surface area contributed by atoms with Gasteiger partial charge in [0, 0.05) is 12.5 Å². The lowest BCUT2D eigenvalue weighted by molar-refractivity contribution is 0.0370. The highest BCUT2D eigenvalue weighted by Gasteiger charge is 2.34. The average molecular weight is 286 g/mol. The molecule has 21 heavy (non-hydrogen) atoms. The van der Waals surface area contributed by atoms with Gasteiger partial charge in [0.05, 0.1) is 5.56 Å². The van der Waals surface area contributed by atoms with Gasteiger partial charge in [-0.15, -0.1) is 0 Å². The summed E-state index contributed by atoms with van der Waals surface area (Å²) >= 11 is 0. The summed E-state index contributed by atoms with van der Waals surface area (Å²) in [6.07, 6.45) is 1.37. The molecule has 0 heterocycles. The Morgan fingerprint density at radius 1 is 1.33 bits per heavy atom. The fourth-order valence-electron chi connectivity index (χ4n) is 2.26. The van der Waals surface area contributed by atoms with E-state index in [1.807, 2.05) is 12.1 Å². The number of rotatable bonds is 7. The van der Waals surface area contributed by atoms with E-state index in [1.54, 1.807) is 12.1 Å². The molecule has 1 aromatic carbocycles. The molecule has 4 heteroatoms. The van der Waals surface area contributed by atoms with Gasteiger partial charge in [-0.05, 0) is 43.6 Å². The van der Waals surface area contributed by atoms with Crippen molar-refractivity contribution in [3.8, 4) is 6.07 Å². The number of nitriles is 1. The number of carbonyl (C=O) groups excluding carboxylic acids is 1. The third kappa shape index (κ3) is 4.30. The van der Waals surface area contributed by atoms with Crippen molar-refractivity contribution in [1.29, 1.82) is 5.26 Å². The molecule has 0 N–H and O–H groups in total. The Bertz CT molecular complexity index is 511. The number of hydrogen-bond donors (Lipinski definition) is 0. The summed E-state index contributed by atoms with van der Waals surface area (Å²) in [4.78, 5) is 14.3. The molecule has 0 amide bonds. The zero-order valence-electron chi connectivity index (χ0n) is 12.7. The van der Waals surface area contributed by atoms with Crippen LogP contribution < -0.4 is 0 Å². The molecule has 0 unspecified atom stereocenters. The minimum Gasteiger partial charge on any atom is -0.443 e. The maximum atomic E-state index is 12.0. The maximum absolute atomic E-state index is 12.0.